The summed E-state index contributed by atoms with van der Waals surface area (Å²) < 4.78 is 4.80. The van der Waals surface area contributed by atoms with Gasteiger partial charge in [0.05, 0.1) is 18.0 Å². The zero-order chi connectivity index (χ0) is 19.3. The van der Waals surface area contributed by atoms with E-state index in [4.69, 9.17) is 4.74 Å². The van der Waals surface area contributed by atoms with Crippen molar-refractivity contribution < 1.29 is 19.2 Å². The van der Waals surface area contributed by atoms with Crippen molar-refractivity contribution in [1.29, 1.82) is 0 Å². The maximum atomic E-state index is 13.2. The van der Waals surface area contributed by atoms with E-state index < -0.39 is 10.8 Å². The molecule has 1 fully saturated rings. The van der Waals surface area contributed by atoms with Gasteiger partial charge < -0.3 is 9.64 Å². The normalized spacial score (nSPS) is 20.9. The van der Waals surface area contributed by atoms with Gasteiger partial charge in [0, 0.05) is 30.3 Å². The SMILES string of the molecule is COC(=O)C(C)CN(C(=O)c1cccc([N+](=O)[O-])c1)C1CCCCC1C. The van der Waals surface area contributed by atoms with E-state index in [2.05, 4.69) is 6.92 Å². The van der Waals surface area contributed by atoms with Gasteiger partial charge in [0.15, 0.2) is 0 Å². The first-order valence-electron chi connectivity index (χ1n) is 8.98. The predicted octanol–water partition coefficient (Wildman–Crippen LogP) is 3.42. The number of rotatable bonds is 6. The molecule has 142 valence electrons. The average Bonchev–Trinajstić information content (AvgIpc) is 2.65. The Balaban J connectivity index is 2.32. The number of ether oxygens (including phenoxy) is 1. The summed E-state index contributed by atoms with van der Waals surface area (Å²) in [5.41, 5.74) is 0.155. The van der Waals surface area contributed by atoms with Crippen LogP contribution in [0.25, 0.3) is 0 Å². The van der Waals surface area contributed by atoms with Crippen LogP contribution >= 0.6 is 0 Å². The van der Waals surface area contributed by atoms with E-state index in [-0.39, 0.29) is 35.7 Å². The van der Waals surface area contributed by atoms with Gasteiger partial charge in [-0.15, -0.1) is 0 Å². The van der Waals surface area contributed by atoms with Crippen molar-refractivity contribution in [2.45, 2.75) is 45.6 Å². The van der Waals surface area contributed by atoms with Crippen molar-refractivity contribution in [3.8, 4) is 0 Å². The maximum absolute atomic E-state index is 13.2. The van der Waals surface area contributed by atoms with E-state index in [1.165, 1.54) is 25.3 Å². The Labute approximate surface area is 153 Å². The summed E-state index contributed by atoms with van der Waals surface area (Å²) >= 11 is 0. The van der Waals surface area contributed by atoms with E-state index in [1.807, 2.05) is 0 Å². The van der Waals surface area contributed by atoms with Crippen LogP contribution in [0.15, 0.2) is 24.3 Å². The molecular weight excluding hydrogens is 336 g/mol. The number of benzene rings is 1. The van der Waals surface area contributed by atoms with Crippen LogP contribution in [0.4, 0.5) is 5.69 Å². The van der Waals surface area contributed by atoms with Gasteiger partial charge in [-0.3, -0.25) is 19.7 Å². The van der Waals surface area contributed by atoms with Crippen LogP contribution in [0.2, 0.25) is 0 Å². The largest absolute Gasteiger partial charge is 0.469 e. The third-order valence-corrected chi connectivity index (χ3v) is 5.11. The lowest BCUT2D eigenvalue weighted by atomic mass is 9.84. The number of hydrogen-bond donors (Lipinski definition) is 0. The molecule has 1 amide bonds. The number of esters is 1. The van der Waals surface area contributed by atoms with Crippen LogP contribution in [0, 0.1) is 22.0 Å². The van der Waals surface area contributed by atoms with Gasteiger partial charge in [-0.2, -0.15) is 0 Å². The number of nitrogens with zero attached hydrogens (tertiary/aromatic N) is 2. The molecule has 0 spiro atoms. The van der Waals surface area contributed by atoms with Crippen molar-refractivity contribution in [3.63, 3.8) is 0 Å². The highest BCUT2D eigenvalue weighted by atomic mass is 16.6. The monoisotopic (exact) mass is 362 g/mol. The highest BCUT2D eigenvalue weighted by molar-refractivity contribution is 5.95. The third kappa shape index (κ3) is 4.59. The van der Waals surface area contributed by atoms with Crippen molar-refractivity contribution in [3.05, 3.63) is 39.9 Å². The Morgan fingerprint density at radius 2 is 2.04 bits per heavy atom. The fourth-order valence-corrected chi connectivity index (χ4v) is 3.62. The Bertz CT molecular complexity index is 676. The summed E-state index contributed by atoms with van der Waals surface area (Å²) in [5, 5.41) is 11.0. The first-order chi connectivity index (χ1) is 12.3. The zero-order valence-corrected chi connectivity index (χ0v) is 15.5. The quantitative estimate of drug-likeness (QED) is 0.439. The Morgan fingerprint density at radius 3 is 2.65 bits per heavy atom. The fourth-order valence-electron chi connectivity index (χ4n) is 3.62. The summed E-state index contributed by atoms with van der Waals surface area (Å²) in [6.07, 6.45) is 4.05. The molecule has 1 aliphatic carbocycles. The lowest BCUT2D eigenvalue weighted by molar-refractivity contribution is -0.384. The molecular formula is C19H26N2O5. The second-order valence-electron chi connectivity index (χ2n) is 7.02. The topological polar surface area (TPSA) is 89.8 Å². The number of nitro groups is 1. The first kappa shape index (κ1) is 19.9. The molecule has 3 unspecified atom stereocenters. The Hall–Kier alpha value is -2.44. The van der Waals surface area contributed by atoms with Crippen LogP contribution in [-0.4, -0.2) is 41.4 Å². The Kier molecular flexibility index (Phi) is 6.71. The summed E-state index contributed by atoms with van der Waals surface area (Å²) in [6, 6.07) is 5.77. The predicted molar refractivity (Wildman–Crippen MR) is 96.7 cm³/mol. The number of non-ortho nitro benzene ring substituents is 1. The molecule has 1 aromatic carbocycles. The van der Waals surface area contributed by atoms with Gasteiger partial charge in [-0.1, -0.05) is 32.8 Å². The van der Waals surface area contributed by atoms with Gasteiger partial charge in [0.2, 0.25) is 0 Å². The molecule has 0 heterocycles. The molecule has 0 aromatic heterocycles. The van der Waals surface area contributed by atoms with Crippen molar-refractivity contribution in [2.24, 2.45) is 11.8 Å². The second-order valence-corrected chi connectivity index (χ2v) is 7.02. The summed E-state index contributed by atoms with van der Waals surface area (Å²) in [4.78, 5) is 37.3. The number of amides is 1. The molecule has 3 atom stereocenters. The van der Waals surface area contributed by atoms with Crippen LogP contribution in [0.3, 0.4) is 0 Å². The minimum absolute atomic E-state index is 0.0163. The highest BCUT2D eigenvalue weighted by Crippen LogP contribution is 2.30. The van der Waals surface area contributed by atoms with Crippen molar-refractivity contribution in [2.75, 3.05) is 13.7 Å². The molecule has 0 aliphatic heterocycles. The van der Waals surface area contributed by atoms with Gasteiger partial charge in [0.25, 0.3) is 11.6 Å². The minimum Gasteiger partial charge on any atom is -0.469 e. The van der Waals surface area contributed by atoms with Crippen LogP contribution in [0.5, 0.6) is 0 Å². The van der Waals surface area contributed by atoms with Crippen LogP contribution < -0.4 is 0 Å². The molecule has 0 radical (unpaired) electrons. The number of hydrogen-bond acceptors (Lipinski definition) is 5. The molecule has 7 heteroatoms. The molecule has 7 nitrogen and oxygen atoms in total. The molecule has 1 aliphatic rings. The molecule has 0 N–H and O–H groups in total. The number of methoxy groups -OCH3 is 1. The molecule has 0 saturated heterocycles. The molecule has 1 aromatic rings. The van der Waals surface area contributed by atoms with Crippen molar-refractivity contribution >= 4 is 17.6 Å². The Morgan fingerprint density at radius 1 is 1.35 bits per heavy atom. The van der Waals surface area contributed by atoms with E-state index in [0.29, 0.717) is 5.92 Å². The summed E-state index contributed by atoms with van der Waals surface area (Å²) in [6.45, 7) is 4.08. The van der Waals surface area contributed by atoms with Crippen molar-refractivity contribution in [1.82, 2.24) is 4.90 Å². The van der Waals surface area contributed by atoms with E-state index >= 15 is 0 Å². The standard InChI is InChI=1S/C19H26N2O5/c1-13-7-4-5-10-17(13)20(12-14(2)19(23)26-3)18(22)15-8-6-9-16(11-15)21(24)25/h6,8-9,11,13-14,17H,4-5,7,10,12H2,1-3H3. The number of carbonyl (C=O) groups is 2. The maximum Gasteiger partial charge on any atom is 0.310 e. The molecule has 1 saturated carbocycles. The fraction of sp³-hybridized carbons (Fsp3) is 0.579. The summed E-state index contributed by atoms with van der Waals surface area (Å²) in [5.74, 6) is -0.790. The van der Waals surface area contributed by atoms with Gasteiger partial charge in [-0.05, 0) is 24.8 Å². The van der Waals surface area contributed by atoms with E-state index in [0.717, 1.165) is 25.7 Å². The summed E-state index contributed by atoms with van der Waals surface area (Å²) in [7, 11) is 1.33. The zero-order valence-electron chi connectivity index (χ0n) is 15.5. The van der Waals surface area contributed by atoms with Gasteiger partial charge in [-0.25, -0.2) is 0 Å². The average molecular weight is 362 g/mol. The number of carbonyl (C=O) groups excluding carboxylic acids is 2. The molecule has 26 heavy (non-hydrogen) atoms. The van der Waals surface area contributed by atoms with Crippen LogP contribution in [0.1, 0.15) is 49.9 Å². The van der Waals surface area contributed by atoms with E-state index in [1.54, 1.807) is 17.9 Å². The lowest BCUT2D eigenvalue weighted by Gasteiger charge is -2.39. The smallest absolute Gasteiger partial charge is 0.310 e. The minimum atomic E-state index is -0.512. The van der Waals surface area contributed by atoms with Gasteiger partial charge in [0.1, 0.15) is 0 Å². The van der Waals surface area contributed by atoms with E-state index in [9.17, 15) is 19.7 Å². The second kappa shape index (κ2) is 8.78. The van der Waals surface area contributed by atoms with Crippen LogP contribution in [-0.2, 0) is 9.53 Å². The lowest BCUT2D eigenvalue weighted by Crippen LogP contribution is -2.48. The van der Waals surface area contributed by atoms with Gasteiger partial charge >= 0.3 is 5.97 Å². The first-order valence-corrected chi connectivity index (χ1v) is 8.98. The highest BCUT2D eigenvalue weighted by Gasteiger charge is 2.33. The molecule has 0 bridgehead atoms. The molecule has 2 rings (SSSR count). The number of nitro benzene ring substituents is 1. The third-order valence-electron chi connectivity index (χ3n) is 5.11.